The first-order chi connectivity index (χ1) is 15.1. The minimum absolute atomic E-state index is 0.132. The van der Waals surface area contributed by atoms with Crippen LogP contribution in [0.5, 0.6) is 0 Å². The van der Waals surface area contributed by atoms with Gasteiger partial charge in [-0.2, -0.15) is 0 Å². The number of nitrogens with one attached hydrogen (secondary N) is 2. The van der Waals surface area contributed by atoms with Crippen molar-refractivity contribution < 1.29 is 9.59 Å². The number of hydrogen-bond acceptors (Lipinski definition) is 7. The Bertz CT molecular complexity index is 1050. The number of aromatic nitrogens is 2. The zero-order valence-corrected chi connectivity index (χ0v) is 18.1. The topological polar surface area (TPSA) is 90.5 Å². The Morgan fingerprint density at radius 3 is 2.42 bits per heavy atom. The highest BCUT2D eigenvalue weighted by Gasteiger charge is 2.19. The Hall–Kier alpha value is -3.14. The third-order valence-corrected chi connectivity index (χ3v) is 5.96. The van der Waals surface area contributed by atoms with Crippen molar-refractivity contribution in [2.75, 3.05) is 50.4 Å². The number of nitrogens with zero attached hydrogens (tertiary/aromatic N) is 4. The Labute approximate surface area is 184 Å². The molecule has 1 aromatic heterocycles. The fraction of sp³-hybridized carbons (Fsp3) is 0.273. The number of hydrogen-bond donors (Lipinski definition) is 2. The molecular formula is C22H24N6O2S. The maximum absolute atomic E-state index is 12.8. The van der Waals surface area contributed by atoms with Gasteiger partial charge in [-0.05, 0) is 19.2 Å². The van der Waals surface area contributed by atoms with Crippen molar-refractivity contribution >= 4 is 34.0 Å². The second-order valence-electron chi connectivity index (χ2n) is 7.41. The first kappa shape index (κ1) is 21.1. The molecule has 160 valence electrons. The summed E-state index contributed by atoms with van der Waals surface area (Å²) in [6, 6.07) is 16.6. The van der Waals surface area contributed by atoms with Gasteiger partial charge in [-0.3, -0.25) is 19.8 Å². The van der Waals surface area contributed by atoms with Crippen molar-refractivity contribution in [2.24, 2.45) is 0 Å². The largest absolute Gasteiger partial charge is 0.324 e. The van der Waals surface area contributed by atoms with Gasteiger partial charge in [-0.15, -0.1) is 10.2 Å². The van der Waals surface area contributed by atoms with Crippen molar-refractivity contribution in [3.8, 4) is 10.6 Å². The predicted molar refractivity (Wildman–Crippen MR) is 122 cm³/mol. The van der Waals surface area contributed by atoms with Crippen LogP contribution in [-0.4, -0.2) is 71.6 Å². The molecule has 0 bridgehead atoms. The molecule has 0 saturated carbocycles. The molecule has 1 saturated heterocycles. The summed E-state index contributed by atoms with van der Waals surface area (Å²) in [6.45, 7) is 3.90. The molecule has 4 rings (SSSR count). The van der Waals surface area contributed by atoms with E-state index in [0.29, 0.717) is 22.9 Å². The lowest BCUT2D eigenvalue weighted by Crippen LogP contribution is -2.47. The number of carbonyl (C=O) groups is 2. The first-order valence-electron chi connectivity index (χ1n) is 10.1. The number of anilines is 2. The normalized spacial score (nSPS) is 14.9. The summed E-state index contributed by atoms with van der Waals surface area (Å²) in [4.78, 5) is 29.7. The molecule has 2 heterocycles. The highest BCUT2D eigenvalue weighted by molar-refractivity contribution is 7.18. The third-order valence-electron chi connectivity index (χ3n) is 5.08. The van der Waals surface area contributed by atoms with E-state index in [0.717, 1.165) is 36.8 Å². The number of carbonyl (C=O) groups excluding carboxylic acids is 2. The van der Waals surface area contributed by atoms with E-state index in [2.05, 4.69) is 37.7 Å². The van der Waals surface area contributed by atoms with Gasteiger partial charge in [-0.1, -0.05) is 53.8 Å². The number of rotatable bonds is 6. The van der Waals surface area contributed by atoms with Crippen LogP contribution >= 0.6 is 11.3 Å². The molecule has 3 aromatic rings. The minimum atomic E-state index is -0.341. The number of para-hydroxylation sites is 1. The van der Waals surface area contributed by atoms with Crippen molar-refractivity contribution in [1.82, 2.24) is 20.0 Å². The second kappa shape index (κ2) is 9.78. The van der Waals surface area contributed by atoms with Gasteiger partial charge in [0.25, 0.3) is 5.91 Å². The molecule has 9 heteroatoms. The van der Waals surface area contributed by atoms with Crippen molar-refractivity contribution in [2.45, 2.75) is 0 Å². The van der Waals surface area contributed by atoms with Crippen LogP contribution in [-0.2, 0) is 4.79 Å². The molecule has 1 fully saturated rings. The molecular weight excluding hydrogens is 412 g/mol. The van der Waals surface area contributed by atoms with Gasteiger partial charge in [0.15, 0.2) is 0 Å². The maximum atomic E-state index is 12.8. The molecule has 1 aliphatic heterocycles. The molecule has 0 atom stereocenters. The Kier molecular flexibility index (Phi) is 6.66. The number of likely N-dealkylation sites (N-methyl/N-ethyl adjacent to an activating group) is 1. The lowest BCUT2D eigenvalue weighted by Gasteiger charge is -2.31. The van der Waals surface area contributed by atoms with Gasteiger partial charge < -0.3 is 10.2 Å². The molecule has 1 aliphatic rings. The summed E-state index contributed by atoms with van der Waals surface area (Å²) in [6.07, 6.45) is 0. The first-order valence-corrected chi connectivity index (χ1v) is 10.9. The van der Waals surface area contributed by atoms with Crippen LogP contribution in [0.2, 0.25) is 0 Å². The van der Waals surface area contributed by atoms with Crippen LogP contribution < -0.4 is 10.6 Å². The zero-order valence-electron chi connectivity index (χ0n) is 17.2. The molecule has 0 unspecified atom stereocenters. The molecule has 2 aromatic carbocycles. The number of piperazine rings is 1. The SMILES string of the molecule is CN1CCN(CC(=O)Nc2ccccc2C(=O)Nc2nnc(-c3ccccc3)s2)CC1. The molecule has 0 aliphatic carbocycles. The average Bonchev–Trinajstić information content (AvgIpc) is 3.25. The third kappa shape index (κ3) is 5.52. The van der Waals surface area contributed by atoms with Crippen LogP contribution in [0, 0.1) is 0 Å². The maximum Gasteiger partial charge on any atom is 0.259 e. The van der Waals surface area contributed by atoms with E-state index >= 15 is 0 Å². The minimum Gasteiger partial charge on any atom is -0.324 e. The van der Waals surface area contributed by atoms with E-state index < -0.39 is 0 Å². The molecule has 0 radical (unpaired) electrons. The predicted octanol–water partition coefficient (Wildman–Crippen LogP) is 2.64. The zero-order chi connectivity index (χ0) is 21.6. The van der Waals surface area contributed by atoms with E-state index in [1.54, 1.807) is 24.3 Å². The van der Waals surface area contributed by atoms with Crippen LogP contribution in [0.15, 0.2) is 54.6 Å². The Balaban J connectivity index is 1.40. The van der Waals surface area contributed by atoms with E-state index in [9.17, 15) is 9.59 Å². The van der Waals surface area contributed by atoms with Crippen molar-refractivity contribution in [3.63, 3.8) is 0 Å². The highest BCUT2D eigenvalue weighted by Crippen LogP contribution is 2.26. The number of amides is 2. The second-order valence-corrected chi connectivity index (χ2v) is 8.38. The van der Waals surface area contributed by atoms with Crippen LogP contribution in [0.4, 0.5) is 10.8 Å². The van der Waals surface area contributed by atoms with Gasteiger partial charge in [0, 0.05) is 31.7 Å². The molecule has 2 amide bonds. The highest BCUT2D eigenvalue weighted by atomic mass is 32.1. The molecule has 2 N–H and O–H groups in total. The lowest BCUT2D eigenvalue weighted by atomic mass is 10.1. The Morgan fingerprint density at radius 1 is 0.935 bits per heavy atom. The lowest BCUT2D eigenvalue weighted by molar-refractivity contribution is -0.117. The van der Waals surface area contributed by atoms with E-state index in [-0.39, 0.29) is 11.8 Å². The number of benzene rings is 2. The smallest absolute Gasteiger partial charge is 0.259 e. The summed E-state index contributed by atoms with van der Waals surface area (Å²) in [7, 11) is 2.08. The summed E-state index contributed by atoms with van der Waals surface area (Å²) in [5.74, 6) is -0.474. The monoisotopic (exact) mass is 436 g/mol. The average molecular weight is 437 g/mol. The van der Waals surface area contributed by atoms with Crippen LogP contribution in [0.25, 0.3) is 10.6 Å². The van der Waals surface area contributed by atoms with Gasteiger partial charge in [-0.25, -0.2) is 0 Å². The summed E-state index contributed by atoms with van der Waals surface area (Å²) < 4.78 is 0. The van der Waals surface area contributed by atoms with Crippen LogP contribution in [0.3, 0.4) is 0 Å². The van der Waals surface area contributed by atoms with Crippen LogP contribution in [0.1, 0.15) is 10.4 Å². The summed E-state index contributed by atoms with van der Waals surface area (Å²) in [5, 5.41) is 15.0. The van der Waals surface area contributed by atoms with Gasteiger partial charge >= 0.3 is 0 Å². The van der Waals surface area contributed by atoms with E-state index in [1.165, 1.54) is 11.3 Å². The molecule has 31 heavy (non-hydrogen) atoms. The quantitative estimate of drug-likeness (QED) is 0.617. The Morgan fingerprint density at radius 2 is 1.65 bits per heavy atom. The standard InChI is InChI=1S/C22H24N6O2S/c1-27-11-13-28(14-12-27)15-19(29)23-18-10-6-5-9-17(18)20(30)24-22-26-25-21(31-22)16-7-3-2-4-8-16/h2-10H,11-15H2,1H3,(H,23,29)(H,24,26,30). The van der Waals surface area contributed by atoms with Crippen molar-refractivity contribution in [1.29, 1.82) is 0 Å². The molecule has 8 nitrogen and oxygen atoms in total. The van der Waals surface area contributed by atoms with Gasteiger partial charge in [0.05, 0.1) is 17.8 Å². The fourth-order valence-corrected chi connectivity index (χ4v) is 4.07. The van der Waals surface area contributed by atoms with E-state index in [4.69, 9.17) is 0 Å². The summed E-state index contributed by atoms with van der Waals surface area (Å²) in [5.41, 5.74) is 1.80. The van der Waals surface area contributed by atoms with Crippen molar-refractivity contribution in [3.05, 3.63) is 60.2 Å². The fourth-order valence-electron chi connectivity index (χ4n) is 3.32. The van der Waals surface area contributed by atoms with E-state index in [1.807, 2.05) is 30.3 Å². The van der Waals surface area contributed by atoms with Gasteiger partial charge in [0.2, 0.25) is 11.0 Å². The summed E-state index contributed by atoms with van der Waals surface area (Å²) >= 11 is 1.30. The molecule has 0 spiro atoms. The van der Waals surface area contributed by atoms with Gasteiger partial charge in [0.1, 0.15) is 5.01 Å².